The molecule has 0 N–H and O–H groups in total. The van der Waals surface area contributed by atoms with Gasteiger partial charge in [-0.2, -0.15) is 0 Å². The topological polar surface area (TPSA) is 38.8 Å². The van der Waals surface area contributed by atoms with Crippen molar-refractivity contribution in [2.75, 3.05) is 20.8 Å². The normalized spacial score (nSPS) is 17.3. The number of ether oxygens (including phenoxy) is 2. The Bertz CT molecular complexity index is 716. The van der Waals surface area contributed by atoms with Gasteiger partial charge in [-0.05, 0) is 53.0 Å². The van der Waals surface area contributed by atoms with Crippen LogP contribution >= 0.6 is 27.3 Å². The van der Waals surface area contributed by atoms with Gasteiger partial charge in [0, 0.05) is 18.2 Å². The van der Waals surface area contributed by atoms with E-state index in [4.69, 9.17) is 9.47 Å². The molecule has 1 saturated heterocycles. The van der Waals surface area contributed by atoms with Gasteiger partial charge in [0.1, 0.15) is 11.5 Å². The van der Waals surface area contributed by atoms with Crippen LogP contribution in [0.4, 0.5) is 0 Å². The van der Waals surface area contributed by atoms with Crippen LogP contribution < -0.4 is 9.47 Å². The van der Waals surface area contributed by atoms with E-state index in [1.165, 1.54) is 11.3 Å². The van der Waals surface area contributed by atoms with E-state index in [9.17, 15) is 4.79 Å². The lowest BCUT2D eigenvalue weighted by Gasteiger charge is -2.26. The Kier molecular flexibility index (Phi) is 4.92. The van der Waals surface area contributed by atoms with Crippen molar-refractivity contribution >= 4 is 33.2 Å². The molecule has 23 heavy (non-hydrogen) atoms. The Morgan fingerprint density at radius 1 is 1.26 bits per heavy atom. The quantitative estimate of drug-likeness (QED) is 0.764. The number of carbonyl (C=O) groups is 1. The van der Waals surface area contributed by atoms with Crippen LogP contribution in [0.25, 0.3) is 0 Å². The molecule has 4 nitrogen and oxygen atoms in total. The fourth-order valence-corrected chi connectivity index (χ4v) is 4.34. The van der Waals surface area contributed by atoms with E-state index in [2.05, 4.69) is 15.9 Å². The van der Waals surface area contributed by atoms with Gasteiger partial charge in [-0.25, -0.2) is 0 Å². The highest BCUT2D eigenvalue weighted by Gasteiger charge is 2.33. The second kappa shape index (κ2) is 6.93. The average molecular weight is 396 g/mol. The minimum atomic E-state index is 0.0456. The van der Waals surface area contributed by atoms with Crippen LogP contribution in [0, 0.1) is 0 Å². The minimum absolute atomic E-state index is 0.0456. The van der Waals surface area contributed by atoms with Crippen LogP contribution in [0.5, 0.6) is 11.5 Å². The standard InChI is InChI=1S/C17H18BrNO3S/c1-21-11-5-6-12(14(10-11)22-2)13-4-3-9-19(13)17(20)15-7-8-16(18)23-15/h5-8,10,13H,3-4,9H2,1-2H3/t13-/m1/s1. The molecule has 3 rings (SSSR count). The third-order valence-corrected chi connectivity index (χ3v) is 5.71. The van der Waals surface area contributed by atoms with E-state index in [0.717, 1.165) is 45.1 Å². The molecule has 0 aliphatic carbocycles. The highest BCUT2D eigenvalue weighted by Crippen LogP contribution is 2.40. The summed E-state index contributed by atoms with van der Waals surface area (Å²) in [6.45, 7) is 0.772. The predicted molar refractivity (Wildman–Crippen MR) is 94.6 cm³/mol. The Morgan fingerprint density at radius 2 is 2.09 bits per heavy atom. The molecule has 2 aromatic rings. The van der Waals surface area contributed by atoms with Crippen LogP contribution in [-0.4, -0.2) is 31.6 Å². The summed E-state index contributed by atoms with van der Waals surface area (Å²) >= 11 is 4.89. The predicted octanol–water partition coefficient (Wildman–Crippen LogP) is 4.51. The van der Waals surface area contributed by atoms with E-state index in [0.29, 0.717) is 0 Å². The zero-order valence-electron chi connectivity index (χ0n) is 13.0. The maximum absolute atomic E-state index is 12.8. The Hall–Kier alpha value is -1.53. The SMILES string of the molecule is COc1ccc([C@H]2CCCN2C(=O)c2ccc(Br)s2)c(OC)c1. The average Bonchev–Trinajstić information content (AvgIpc) is 3.22. The number of benzene rings is 1. The molecule has 122 valence electrons. The number of amides is 1. The molecule has 1 aliphatic rings. The largest absolute Gasteiger partial charge is 0.497 e. The summed E-state index contributed by atoms with van der Waals surface area (Å²) in [6, 6.07) is 9.62. The van der Waals surface area contributed by atoms with Gasteiger partial charge in [0.25, 0.3) is 5.91 Å². The summed E-state index contributed by atoms with van der Waals surface area (Å²) in [4.78, 5) is 15.5. The first-order valence-electron chi connectivity index (χ1n) is 7.42. The van der Waals surface area contributed by atoms with Crippen LogP contribution in [-0.2, 0) is 0 Å². The van der Waals surface area contributed by atoms with Crippen molar-refractivity contribution in [2.24, 2.45) is 0 Å². The van der Waals surface area contributed by atoms with Crippen molar-refractivity contribution in [3.8, 4) is 11.5 Å². The molecule has 0 unspecified atom stereocenters. The van der Waals surface area contributed by atoms with Gasteiger partial charge in [-0.15, -0.1) is 11.3 Å². The van der Waals surface area contributed by atoms with E-state index in [1.54, 1.807) is 14.2 Å². The van der Waals surface area contributed by atoms with E-state index < -0.39 is 0 Å². The van der Waals surface area contributed by atoms with Crippen molar-refractivity contribution < 1.29 is 14.3 Å². The zero-order valence-corrected chi connectivity index (χ0v) is 15.4. The molecule has 0 bridgehead atoms. The number of likely N-dealkylation sites (tertiary alicyclic amines) is 1. The van der Waals surface area contributed by atoms with Crippen molar-refractivity contribution in [1.29, 1.82) is 0 Å². The molecule has 0 spiro atoms. The molecule has 6 heteroatoms. The van der Waals surface area contributed by atoms with Gasteiger partial charge < -0.3 is 14.4 Å². The number of hydrogen-bond donors (Lipinski definition) is 0. The van der Waals surface area contributed by atoms with Crippen molar-refractivity contribution in [3.63, 3.8) is 0 Å². The Labute approximate surface area is 148 Å². The smallest absolute Gasteiger partial charge is 0.264 e. The van der Waals surface area contributed by atoms with Crippen molar-refractivity contribution in [3.05, 3.63) is 44.6 Å². The molecular weight excluding hydrogens is 378 g/mol. The van der Waals surface area contributed by atoms with E-state index in [1.807, 2.05) is 35.2 Å². The fourth-order valence-electron chi connectivity index (χ4n) is 3.00. The number of carbonyl (C=O) groups excluding carboxylic acids is 1. The Morgan fingerprint density at radius 3 is 2.74 bits per heavy atom. The molecule has 1 aromatic heterocycles. The van der Waals surface area contributed by atoms with E-state index in [-0.39, 0.29) is 11.9 Å². The lowest BCUT2D eigenvalue weighted by molar-refractivity contribution is 0.0739. The lowest BCUT2D eigenvalue weighted by atomic mass is 10.0. The van der Waals surface area contributed by atoms with Gasteiger partial charge in [0.2, 0.25) is 0 Å². The highest BCUT2D eigenvalue weighted by molar-refractivity contribution is 9.11. The molecule has 1 aliphatic heterocycles. The molecule has 1 aromatic carbocycles. The highest BCUT2D eigenvalue weighted by atomic mass is 79.9. The van der Waals surface area contributed by atoms with Crippen molar-refractivity contribution in [2.45, 2.75) is 18.9 Å². The number of thiophene rings is 1. The van der Waals surface area contributed by atoms with Crippen molar-refractivity contribution in [1.82, 2.24) is 4.90 Å². The minimum Gasteiger partial charge on any atom is -0.497 e. The summed E-state index contributed by atoms with van der Waals surface area (Å²) < 4.78 is 11.7. The van der Waals surface area contributed by atoms with Gasteiger partial charge >= 0.3 is 0 Å². The monoisotopic (exact) mass is 395 g/mol. The number of halogens is 1. The second-order valence-corrected chi connectivity index (χ2v) is 7.83. The number of hydrogen-bond acceptors (Lipinski definition) is 4. The third kappa shape index (κ3) is 3.23. The van der Waals surface area contributed by atoms with Gasteiger partial charge in [0.05, 0.1) is 28.9 Å². The van der Waals surface area contributed by atoms with Crippen LogP contribution in [0.3, 0.4) is 0 Å². The molecular formula is C17H18BrNO3S. The number of rotatable bonds is 4. The van der Waals surface area contributed by atoms with Crippen LogP contribution in [0.15, 0.2) is 34.1 Å². The molecule has 0 radical (unpaired) electrons. The molecule has 1 amide bonds. The maximum atomic E-state index is 12.8. The molecule has 1 atom stereocenters. The molecule has 1 fully saturated rings. The first-order chi connectivity index (χ1) is 11.1. The van der Waals surface area contributed by atoms with Gasteiger partial charge in [0.15, 0.2) is 0 Å². The third-order valence-electron chi connectivity index (χ3n) is 4.10. The summed E-state index contributed by atoms with van der Waals surface area (Å²) in [5, 5.41) is 0. The number of methoxy groups -OCH3 is 2. The number of nitrogens with zero attached hydrogens (tertiary/aromatic N) is 1. The maximum Gasteiger partial charge on any atom is 0.264 e. The Balaban J connectivity index is 1.91. The zero-order chi connectivity index (χ0) is 16.4. The fraction of sp³-hybridized carbons (Fsp3) is 0.353. The summed E-state index contributed by atoms with van der Waals surface area (Å²) in [6.07, 6.45) is 1.94. The van der Waals surface area contributed by atoms with Gasteiger partial charge in [-0.1, -0.05) is 0 Å². The molecule has 2 heterocycles. The summed E-state index contributed by atoms with van der Waals surface area (Å²) in [7, 11) is 3.28. The second-order valence-electron chi connectivity index (χ2n) is 5.37. The first-order valence-corrected chi connectivity index (χ1v) is 9.03. The van der Waals surface area contributed by atoms with Crippen LogP contribution in [0.2, 0.25) is 0 Å². The van der Waals surface area contributed by atoms with E-state index >= 15 is 0 Å². The lowest BCUT2D eigenvalue weighted by Crippen LogP contribution is -2.30. The molecule has 0 saturated carbocycles. The first kappa shape index (κ1) is 16.3. The summed E-state index contributed by atoms with van der Waals surface area (Å²) in [5.41, 5.74) is 1.04. The van der Waals surface area contributed by atoms with Gasteiger partial charge in [-0.3, -0.25) is 4.79 Å². The summed E-state index contributed by atoms with van der Waals surface area (Å²) in [5.74, 6) is 1.60. The van der Waals surface area contributed by atoms with Crippen LogP contribution in [0.1, 0.15) is 34.1 Å².